The van der Waals surface area contributed by atoms with E-state index in [1.807, 2.05) is 103 Å². The van der Waals surface area contributed by atoms with Gasteiger partial charge in [0.1, 0.15) is 5.54 Å². The summed E-state index contributed by atoms with van der Waals surface area (Å²) in [5.74, 6) is 0. The van der Waals surface area contributed by atoms with E-state index >= 15 is 0 Å². The molecule has 0 fully saturated rings. The molecule has 4 aromatic rings. The summed E-state index contributed by atoms with van der Waals surface area (Å²) in [5, 5.41) is 0. The smallest absolute Gasteiger partial charge is 0.207 e. The number of sulfonamides is 1. The van der Waals surface area contributed by atoms with E-state index in [9.17, 15) is 8.42 Å². The van der Waals surface area contributed by atoms with Crippen LogP contribution < -0.4 is 0 Å². The SMILES string of the molecule is O=S1(=O)c2ccccc2C(c2ccccc2)(c2ccccc2)N1Cc1ccccc1. The van der Waals surface area contributed by atoms with E-state index in [-0.39, 0.29) is 6.54 Å². The second-order valence-electron chi connectivity index (χ2n) is 7.44. The van der Waals surface area contributed by atoms with Crippen molar-refractivity contribution in [2.45, 2.75) is 17.0 Å². The van der Waals surface area contributed by atoms with Crippen molar-refractivity contribution in [2.24, 2.45) is 0 Å². The summed E-state index contributed by atoms with van der Waals surface area (Å²) >= 11 is 0. The van der Waals surface area contributed by atoms with Gasteiger partial charge in [-0.25, -0.2) is 8.42 Å². The summed E-state index contributed by atoms with van der Waals surface area (Å²) in [7, 11) is -3.72. The third-order valence-corrected chi connectivity index (χ3v) is 7.67. The van der Waals surface area contributed by atoms with E-state index in [1.165, 1.54) is 0 Å². The first kappa shape index (κ1) is 18.8. The number of hydrogen-bond donors (Lipinski definition) is 0. The average molecular weight is 412 g/mol. The molecule has 0 aliphatic carbocycles. The van der Waals surface area contributed by atoms with Gasteiger partial charge in [-0.05, 0) is 22.8 Å². The van der Waals surface area contributed by atoms with Crippen molar-refractivity contribution < 1.29 is 8.42 Å². The highest BCUT2D eigenvalue weighted by Crippen LogP contribution is 2.52. The maximum atomic E-state index is 13.9. The van der Waals surface area contributed by atoms with Gasteiger partial charge in [-0.1, -0.05) is 109 Å². The largest absolute Gasteiger partial charge is 0.245 e. The molecular formula is C26H21NO2S. The summed E-state index contributed by atoms with van der Waals surface area (Å²) in [6.07, 6.45) is 0. The molecule has 4 heteroatoms. The van der Waals surface area contributed by atoms with Crippen LogP contribution in [0.2, 0.25) is 0 Å². The number of fused-ring (bicyclic) bond motifs is 1. The normalized spacial score (nSPS) is 16.8. The van der Waals surface area contributed by atoms with Crippen LogP contribution in [0, 0.1) is 0 Å². The highest BCUT2D eigenvalue weighted by Gasteiger charge is 2.55. The predicted octanol–water partition coefficient (Wildman–Crippen LogP) is 5.18. The van der Waals surface area contributed by atoms with Crippen LogP contribution in [0.1, 0.15) is 22.3 Å². The van der Waals surface area contributed by atoms with Crippen LogP contribution in [0.4, 0.5) is 0 Å². The Kier molecular flexibility index (Phi) is 4.54. The Labute approximate surface area is 177 Å². The Morgan fingerprint density at radius 1 is 0.600 bits per heavy atom. The van der Waals surface area contributed by atoms with Gasteiger partial charge in [0.25, 0.3) is 0 Å². The molecule has 0 atom stereocenters. The van der Waals surface area contributed by atoms with Gasteiger partial charge in [-0.2, -0.15) is 4.31 Å². The van der Waals surface area contributed by atoms with Crippen LogP contribution in [0.3, 0.4) is 0 Å². The van der Waals surface area contributed by atoms with Crippen LogP contribution in [-0.4, -0.2) is 12.7 Å². The van der Waals surface area contributed by atoms with Gasteiger partial charge in [-0.15, -0.1) is 0 Å². The van der Waals surface area contributed by atoms with Crippen molar-refractivity contribution >= 4 is 10.0 Å². The van der Waals surface area contributed by atoms with Gasteiger partial charge in [-0.3, -0.25) is 0 Å². The molecule has 0 unspecified atom stereocenters. The van der Waals surface area contributed by atoms with E-state index < -0.39 is 15.6 Å². The summed E-state index contributed by atoms with van der Waals surface area (Å²) in [4.78, 5) is 0.369. The maximum Gasteiger partial charge on any atom is 0.245 e. The first-order valence-corrected chi connectivity index (χ1v) is 11.4. The summed E-state index contributed by atoms with van der Waals surface area (Å²) in [6.45, 7) is 0.279. The molecule has 0 radical (unpaired) electrons. The lowest BCUT2D eigenvalue weighted by Crippen LogP contribution is -2.45. The lowest BCUT2D eigenvalue weighted by molar-refractivity contribution is 0.286. The van der Waals surface area contributed by atoms with Gasteiger partial charge in [0, 0.05) is 12.1 Å². The topological polar surface area (TPSA) is 37.4 Å². The minimum absolute atomic E-state index is 0.279. The Morgan fingerprint density at radius 3 is 1.63 bits per heavy atom. The zero-order chi connectivity index (χ0) is 20.6. The van der Waals surface area contributed by atoms with Crippen LogP contribution >= 0.6 is 0 Å². The van der Waals surface area contributed by atoms with Gasteiger partial charge >= 0.3 is 0 Å². The average Bonchev–Trinajstić information content (AvgIpc) is 3.00. The quantitative estimate of drug-likeness (QED) is 0.464. The van der Waals surface area contributed by atoms with Crippen molar-refractivity contribution in [1.29, 1.82) is 0 Å². The molecule has 0 spiro atoms. The number of benzene rings is 4. The summed E-state index contributed by atoms with van der Waals surface area (Å²) in [5.41, 5.74) is 2.66. The van der Waals surface area contributed by atoms with Crippen molar-refractivity contribution in [3.63, 3.8) is 0 Å². The van der Waals surface area contributed by atoms with Gasteiger partial charge in [0.15, 0.2) is 0 Å². The fourth-order valence-corrected chi connectivity index (χ4v) is 6.47. The van der Waals surface area contributed by atoms with Crippen molar-refractivity contribution in [1.82, 2.24) is 4.31 Å². The first-order valence-electron chi connectivity index (χ1n) is 9.92. The number of rotatable bonds is 4. The Bertz CT molecular complexity index is 1230. The molecule has 1 aliphatic heterocycles. The monoisotopic (exact) mass is 411 g/mol. The predicted molar refractivity (Wildman–Crippen MR) is 118 cm³/mol. The van der Waals surface area contributed by atoms with Crippen molar-refractivity contribution in [3.8, 4) is 0 Å². The Balaban J connectivity index is 1.88. The zero-order valence-corrected chi connectivity index (χ0v) is 17.2. The standard InChI is InChI=1S/C26H21NO2S/c28-30(29)25-19-11-10-18-24(25)26(22-14-6-2-7-15-22,23-16-8-3-9-17-23)27(30)20-21-12-4-1-5-13-21/h1-19H,20H2. The molecule has 0 saturated heterocycles. The second kappa shape index (κ2) is 7.24. The molecule has 0 bridgehead atoms. The highest BCUT2D eigenvalue weighted by atomic mass is 32.2. The van der Waals surface area contributed by atoms with Gasteiger partial charge in [0.05, 0.1) is 4.90 Å². The van der Waals surface area contributed by atoms with Crippen molar-refractivity contribution in [2.75, 3.05) is 0 Å². The molecule has 3 nitrogen and oxygen atoms in total. The molecule has 0 N–H and O–H groups in total. The van der Waals surface area contributed by atoms with Crippen LogP contribution in [0.25, 0.3) is 0 Å². The molecule has 0 saturated carbocycles. The molecule has 148 valence electrons. The van der Waals surface area contributed by atoms with E-state index in [2.05, 4.69) is 0 Å². The fourth-order valence-electron chi connectivity index (χ4n) is 4.50. The van der Waals surface area contributed by atoms with E-state index in [1.54, 1.807) is 16.4 Å². The molecule has 5 rings (SSSR count). The third-order valence-electron chi connectivity index (χ3n) is 5.77. The van der Waals surface area contributed by atoms with Crippen LogP contribution in [0.5, 0.6) is 0 Å². The number of hydrogen-bond acceptors (Lipinski definition) is 2. The summed E-state index contributed by atoms with van der Waals surface area (Å²) in [6, 6.07) is 37.0. The minimum atomic E-state index is -3.72. The molecular weight excluding hydrogens is 390 g/mol. The van der Waals surface area contributed by atoms with Crippen LogP contribution in [-0.2, 0) is 22.1 Å². The fraction of sp³-hybridized carbons (Fsp3) is 0.0769. The summed E-state index contributed by atoms with van der Waals surface area (Å²) < 4.78 is 29.4. The van der Waals surface area contributed by atoms with E-state index in [0.29, 0.717) is 4.90 Å². The lowest BCUT2D eigenvalue weighted by Gasteiger charge is -2.39. The third kappa shape index (κ3) is 2.72. The van der Waals surface area contributed by atoms with Gasteiger partial charge < -0.3 is 0 Å². The Morgan fingerprint density at radius 2 is 1.07 bits per heavy atom. The van der Waals surface area contributed by atoms with E-state index in [4.69, 9.17) is 0 Å². The molecule has 30 heavy (non-hydrogen) atoms. The van der Waals surface area contributed by atoms with Gasteiger partial charge in [0.2, 0.25) is 10.0 Å². The molecule has 0 amide bonds. The first-order chi connectivity index (χ1) is 14.6. The lowest BCUT2D eigenvalue weighted by atomic mass is 9.77. The second-order valence-corrected chi connectivity index (χ2v) is 9.27. The zero-order valence-electron chi connectivity index (χ0n) is 16.3. The minimum Gasteiger partial charge on any atom is -0.207 e. The van der Waals surface area contributed by atoms with Crippen LogP contribution in [0.15, 0.2) is 120 Å². The van der Waals surface area contributed by atoms with E-state index in [0.717, 1.165) is 22.3 Å². The van der Waals surface area contributed by atoms with Crippen molar-refractivity contribution in [3.05, 3.63) is 138 Å². The molecule has 4 aromatic carbocycles. The highest BCUT2D eigenvalue weighted by molar-refractivity contribution is 7.89. The number of nitrogens with zero attached hydrogens (tertiary/aromatic N) is 1. The molecule has 1 aliphatic rings. The Hall–Kier alpha value is -3.21. The molecule has 1 heterocycles. The maximum absolute atomic E-state index is 13.9. The molecule has 0 aromatic heterocycles.